The van der Waals surface area contributed by atoms with Crippen molar-refractivity contribution in [3.05, 3.63) is 36.0 Å². The lowest BCUT2D eigenvalue weighted by Crippen LogP contribution is -2.01. The highest BCUT2D eigenvalue weighted by Gasteiger charge is 2.19. The van der Waals surface area contributed by atoms with Gasteiger partial charge in [-0.05, 0) is 24.1 Å². The molecular formula is C17H16F2N6OS. The largest absolute Gasteiger partial charge is 0.435 e. The number of nitrogens with zero attached hydrogens (tertiary/aromatic N) is 6. The predicted octanol–water partition coefficient (Wildman–Crippen LogP) is 3.98. The Bertz CT molecular complexity index is 1100. The molecule has 0 radical (unpaired) electrons. The molecule has 0 amide bonds. The topological polar surface area (TPSA) is 70.1 Å². The van der Waals surface area contributed by atoms with Crippen molar-refractivity contribution in [2.45, 2.75) is 26.4 Å². The second-order valence-corrected chi connectivity index (χ2v) is 7.22. The number of rotatable bonds is 5. The molecule has 0 aliphatic heterocycles. The van der Waals surface area contributed by atoms with Crippen LogP contribution >= 0.6 is 11.3 Å². The third-order valence-electron chi connectivity index (χ3n) is 4.02. The third kappa shape index (κ3) is 3.27. The molecule has 140 valence electrons. The summed E-state index contributed by atoms with van der Waals surface area (Å²) >= 11 is 1.32. The van der Waals surface area contributed by atoms with Gasteiger partial charge in [-0.1, -0.05) is 37.3 Å². The fourth-order valence-corrected chi connectivity index (χ4v) is 3.52. The Labute approximate surface area is 157 Å². The lowest BCUT2D eigenvalue weighted by atomic mass is 10.1. The van der Waals surface area contributed by atoms with Crippen LogP contribution in [-0.4, -0.2) is 36.2 Å². The summed E-state index contributed by atoms with van der Waals surface area (Å²) in [6, 6.07) is 8.40. The van der Waals surface area contributed by atoms with Crippen LogP contribution in [0.5, 0.6) is 5.75 Å². The molecule has 0 fully saturated rings. The van der Waals surface area contributed by atoms with Crippen LogP contribution in [-0.2, 0) is 7.05 Å². The molecule has 7 nitrogen and oxygen atoms in total. The van der Waals surface area contributed by atoms with Crippen LogP contribution in [0.1, 0.15) is 25.5 Å². The minimum atomic E-state index is -2.87. The van der Waals surface area contributed by atoms with E-state index in [-0.39, 0.29) is 11.7 Å². The lowest BCUT2D eigenvalue weighted by Gasteiger charge is -2.04. The monoisotopic (exact) mass is 390 g/mol. The SMILES string of the molecule is CC(C)c1cc(-c2nnc3sc(-c4cccc(OC(F)F)c4)nn23)n(C)n1. The van der Waals surface area contributed by atoms with Crippen molar-refractivity contribution >= 4 is 16.3 Å². The molecule has 0 N–H and O–H groups in total. The number of hydrogen-bond donors (Lipinski definition) is 0. The van der Waals surface area contributed by atoms with Crippen molar-refractivity contribution in [1.82, 2.24) is 29.6 Å². The first-order valence-electron chi connectivity index (χ1n) is 8.24. The van der Waals surface area contributed by atoms with E-state index in [0.717, 1.165) is 11.4 Å². The maximum absolute atomic E-state index is 12.4. The molecule has 0 bridgehead atoms. The molecule has 0 aliphatic rings. The van der Waals surface area contributed by atoms with Gasteiger partial charge in [0.2, 0.25) is 10.8 Å². The van der Waals surface area contributed by atoms with Crippen LogP contribution in [0.2, 0.25) is 0 Å². The van der Waals surface area contributed by atoms with Gasteiger partial charge in [0.05, 0.1) is 5.69 Å². The average molecular weight is 390 g/mol. The van der Waals surface area contributed by atoms with E-state index < -0.39 is 6.61 Å². The van der Waals surface area contributed by atoms with Gasteiger partial charge in [-0.25, -0.2) is 0 Å². The molecule has 10 heteroatoms. The second kappa shape index (κ2) is 6.69. The highest BCUT2D eigenvalue weighted by Crippen LogP contribution is 2.31. The van der Waals surface area contributed by atoms with E-state index in [1.165, 1.54) is 23.5 Å². The molecule has 0 saturated heterocycles. The predicted molar refractivity (Wildman–Crippen MR) is 97.0 cm³/mol. The molecule has 0 atom stereocenters. The van der Waals surface area contributed by atoms with Gasteiger partial charge in [-0.15, -0.1) is 10.2 Å². The van der Waals surface area contributed by atoms with Crippen molar-refractivity contribution in [1.29, 1.82) is 0 Å². The zero-order valence-electron chi connectivity index (χ0n) is 14.8. The lowest BCUT2D eigenvalue weighted by molar-refractivity contribution is -0.0498. The van der Waals surface area contributed by atoms with Gasteiger partial charge >= 0.3 is 6.61 Å². The molecule has 3 aromatic heterocycles. The van der Waals surface area contributed by atoms with E-state index in [4.69, 9.17) is 0 Å². The number of fused-ring (bicyclic) bond motifs is 1. The van der Waals surface area contributed by atoms with Crippen LogP contribution < -0.4 is 4.74 Å². The standard InChI is InChI=1S/C17H16F2N6OS/c1-9(2)12-8-13(24(3)22-12)14-20-21-17-25(14)23-15(27-17)10-5-4-6-11(7-10)26-16(18)19/h4-9,16H,1-3H3. The molecule has 0 aliphatic carbocycles. The first-order chi connectivity index (χ1) is 12.9. The Hall–Kier alpha value is -2.88. The minimum Gasteiger partial charge on any atom is -0.435 e. The highest BCUT2D eigenvalue weighted by atomic mass is 32.1. The first-order valence-corrected chi connectivity index (χ1v) is 9.06. The Balaban J connectivity index is 1.75. The molecule has 27 heavy (non-hydrogen) atoms. The van der Waals surface area contributed by atoms with E-state index in [1.54, 1.807) is 21.3 Å². The van der Waals surface area contributed by atoms with Crippen LogP contribution in [0.3, 0.4) is 0 Å². The maximum atomic E-state index is 12.4. The molecule has 4 aromatic rings. The molecule has 4 rings (SSSR count). The van der Waals surface area contributed by atoms with Gasteiger partial charge < -0.3 is 4.74 Å². The average Bonchev–Trinajstić information content (AvgIpc) is 3.28. The normalized spacial score (nSPS) is 11.8. The van der Waals surface area contributed by atoms with E-state index >= 15 is 0 Å². The first kappa shape index (κ1) is 17.5. The highest BCUT2D eigenvalue weighted by molar-refractivity contribution is 7.19. The van der Waals surface area contributed by atoms with Gasteiger partial charge in [0.15, 0.2) is 0 Å². The number of aromatic nitrogens is 6. The van der Waals surface area contributed by atoms with Crippen molar-refractivity contribution in [2.75, 3.05) is 0 Å². The summed E-state index contributed by atoms with van der Waals surface area (Å²) in [5.74, 6) is 0.952. The summed E-state index contributed by atoms with van der Waals surface area (Å²) in [5, 5.41) is 18.1. The van der Waals surface area contributed by atoms with Crippen LogP contribution in [0.4, 0.5) is 8.78 Å². The second-order valence-electron chi connectivity index (χ2n) is 6.26. The zero-order valence-corrected chi connectivity index (χ0v) is 15.6. The maximum Gasteiger partial charge on any atom is 0.387 e. The molecular weight excluding hydrogens is 374 g/mol. The summed E-state index contributed by atoms with van der Waals surface area (Å²) in [7, 11) is 1.85. The van der Waals surface area contributed by atoms with E-state index in [2.05, 4.69) is 39.0 Å². The fraction of sp³-hybridized carbons (Fsp3) is 0.294. The van der Waals surface area contributed by atoms with Crippen LogP contribution in [0.25, 0.3) is 27.1 Å². The number of halogens is 2. The van der Waals surface area contributed by atoms with E-state index in [1.807, 2.05) is 13.1 Å². The Morgan fingerprint density at radius 2 is 1.93 bits per heavy atom. The van der Waals surface area contributed by atoms with Crippen molar-refractivity contribution < 1.29 is 13.5 Å². The van der Waals surface area contributed by atoms with E-state index in [9.17, 15) is 8.78 Å². The van der Waals surface area contributed by atoms with Gasteiger partial charge in [-0.3, -0.25) is 4.68 Å². The fourth-order valence-electron chi connectivity index (χ4n) is 2.68. The summed E-state index contributed by atoms with van der Waals surface area (Å²) < 4.78 is 32.7. The zero-order chi connectivity index (χ0) is 19.1. The molecule has 0 saturated carbocycles. The van der Waals surface area contributed by atoms with Gasteiger partial charge in [0.1, 0.15) is 16.5 Å². The van der Waals surface area contributed by atoms with Crippen molar-refractivity contribution in [3.63, 3.8) is 0 Å². The number of ether oxygens (including phenoxy) is 1. The Kier molecular flexibility index (Phi) is 4.34. The summed E-state index contributed by atoms with van der Waals surface area (Å²) in [5.41, 5.74) is 2.43. The van der Waals surface area contributed by atoms with Gasteiger partial charge in [0, 0.05) is 12.6 Å². The van der Waals surface area contributed by atoms with E-state index in [0.29, 0.717) is 21.4 Å². The number of benzene rings is 1. The summed E-state index contributed by atoms with van der Waals surface area (Å²) in [6.07, 6.45) is 0. The van der Waals surface area contributed by atoms with Crippen LogP contribution in [0.15, 0.2) is 30.3 Å². The number of alkyl halides is 2. The minimum absolute atomic E-state index is 0.0851. The molecule has 1 aromatic carbocycles. The van der Waals surface area contributed by atoms with Gasteiger partial charge in [0.25, 0.3) is 0 Å². The van der Waals surface area contributed by atoms with Gasteiger partial charge in [-0.2, -0.15) is 23.5 Å². The number of hydrogen-bond acceptors (Lipinski definition) is 6. The third-order valence-corrected chi connectivity index (χ3v) is 4.96. The van der Waals surface area contributed by atoms with Crippen molar-refractivity contribution in [2.24, 2.45) is 7.05 Å². The summed E-state index contributed by atoms with van der Waals surface area (Å²) in [4.78, 5) is 0.604. The molecule has 0 unspecified atom stereocenters. The summed E-state index contributed by atoms with van der Waals surface area (Å²) in [6.45, 7) is 1.27. The molecule has 0 spiro atoms. The van der Waals surface area contributed by atoms with Crippen molar-refractivity contribution in [3.8, 4) is 27.8 Å². The smallest absolute Gasteiger partial charge is 0.387 e. The number of aryl methyl sites for hydroxylation is 1. The Morgan fingerprint density at radius 1 is 1.11 bits per heavy atom. The molecule has 3 heterocycles. The quantitative estimate of drug-likeness (QED) is 0.516. The van der Waals surface area contributed by atoms with Crippen LogP contribution in [0, 0.1) is 0 Å². The Morgan fingerprint density at radius 3 is 2.63 bits per heavy atom.